The molecular formula is C16H16ClF2N. The fourth-order valence-corrected chi connectivity index (χ4v) is 2.43. The first-order valence-electron chi connectivity index (χ1n) is 6.54. The van der Waals surface area contributed by atoms with Crippen LogP contribution in [0.2, 0.25) is 5.02 Å². The first kappa shape index (κ1) is 14.9. The van der Waals surface area contributed by atoms with E-state index < -0.39 is 5.82 Å². The van der Waals surface area contributed by atoms with Crippen LogP contribution in [0.3, 0.4) is 0 Å². The lowest BCUT2D eigenvalue weighted by Gasteiger charge is -2.19. The van der Waals surface area contributed by atoms with Crippen molar-refractivity contribution in [1.82, 2.24) is 5.32 Å². The van der Waals surface area contributed by atoms with Gasteiger partial charge in [0.05, 0.1) is 5.02 Å². The Labute approximate surface area is 122 Å². The lowest BCUT2D eigenvalue weighted by molar-refractivity contribution is 0.509. The largest absolute Gasteiger partial charge is 0.310 e. The Morgan fingerprint density at radius 2 is 1.75 bits per heavy atom. The predicted molar refractivity (Wildman–Crippen MR) is 77.9 cm³/mol. The molecule has 4 heteroatoms. The molecule has 0 aliphatic carbocycles. The molecule has 0 fully saturated rings. The van der Waals surface area contributed by atoms with Crippen molar-refractivity contribution in [2.75, 3.05) is 6.54 Å². The lowest BCUT2D eigenvalue weighted by atomic mass is 9.98. The highest BCUT2D eigenvalue weighted by molar-refractivity contribution is 6.31. The van der Waals surface area contributed by atoms with Crippen LogP contribution in [0.5, 0.6) is 0 Å². The van der Waals surface area contributed by atoms with Gasteiger partial charge in [0.25, 0.3) is 0 Å². The monoisotopic (exact) mass is 295 g/mol. The van der Waals surface area contributed by atoms with Crippen LogP contribution in [-0.2, 0) is 6.42 Å². The van der Waals surface area contributed by atoms with Crippen molar-refractivity contribution < 1.29 is 8.78 Å². The van der Waals surface area contributed by atoms with Crippen molar-refractivity contribution >= 4 is 11.6 Å². The lowest BCUT2D eigenvalue weighted by Crippen LogP contribution is -2.24. The van der Waals surface area contributed by atoms with Gasteiger partial charge in [-0.25, -0.2) is 8.78 Å². The SMILES string of the molecule is CCNC(Cc1cccc(F)c1Cl)c1ccccc1F. The average molecular weight is 296 g/mol. The van der Waals surface area contributed by atoms with Crippen LogP contribution in [-0.4, -0.2) is 6.54 Å². The second kappa shape index (κ2) is 6.82. The molecule has 0 radical (unpaired) electrons. The van der Waals surface area contributed by atoms with Crippen molar-refractivity contribution in [1.29, 1.82) is 0 Å². The highest BCUT2D eigenvalue weighted by atomic mass is 35.5. The standard InChI is InChI=1S/C16H16ClF2N/c1-2-20-15(12-7-3-4-8-13(12)18)10-11-6-5-9-14(19)16(11)17/h3-9,15,20H,2,10H2,1H3. The van der Waals surface area contributed by atoms with Crippen LogP contribution >= 0.6 is 11.6 Å². The third-order valence-corrected chi connectivity index (χ3v) is 3.61. The molecule has 1 unspecified atom stereocenters. The van der Waals surface area contributed by atoms with Gasteiger partial charge in [0.1, 0.15) is 11.6 Å². The molecule has 0 heterocycles. The van der Waals surface area contributed by atoms with Gasteiger partial charge in [-0.3, -0.25) is 0 Å². The Kier molecular flexibility index (Phi) is 5.10. The van der Waals surface area contributed by atoms with E-state index in [4.69, 9.17) is 11.6 Å². The van der Waals surface area contributed by atoms with Gasteiger partial charge in [-0.15, -0.1) is 0 Å². The van der Waals surface area contributed by atoms with Crippen LogP contribution in [0.4, 0.5) is 8.78 Å². The van der Waals surface area contributed by atoms with E-state index in [1.165, 1.54) is 12.1 Å². The van der Waals surface area contributed by atoms with Gasteiger partial charge in [-0.05, 0) is 30.7 Å². The maximum atomic E-state index is 13.9. The van der Waals surface area contributed by atoms with E-state index in [2.05, 4.69) is 5.32 Å². The average Bonchev–Trinajstić information content (AvgIpc) is 2.44. The summed E-state index contributed by atoms with van der Waals surface area (Å²) in [5, 5.41) is 3.32. The molecule has 0 bridgehead atoms. The Morgan fingerprint density at radius 1 is 1.05 bits per heavy atom. The summed E-state index contributed by atoms with van der Waals surface area (Å²) in [5.74, 6) is -0.723. The van der Waals surface area contributed by atoms with Crippen LogP contribution in [0, 0.1) is 11.6 Å². The van der Waals surface area contributed by atoms with Crippen molar-refractivity contribution in [3.05, 3.63) is 70.2 Å². The fourth-order valence-electron chi connectivity index (χ4n) is 2.22. The van der Waals surface area contributed by atoms with Crippen molar-refractivity contribution in [3.8, 4) is 0 Å². The van der Waals surface area contributed by atoms with E-state index in [-0.39, 0.29) is 16.9 Å². The first-order chi connectivity index (χ1) is 9.63. The van der Waals surface area contributed by atoms with Gasteiger partial charge >= 0.3 is 0 Å². The van der Waals surface area contributed by atoms with Gasteiger partial charge in [-0.2, -0.15) is 0 Å². The highest BCUT2D eigenvalue weighted by Crippen LogP contribution is 2.26. The van der Waals surface area contributed by atoms with Gasteiger partial charge in [0.2, 0.25) is 0 Å². The normalized spacial score (nSPS) is 12.4. The third kappa shape index (κ3) is 3.35. The van der Waals surface area contributed by atoms with Gasteiger partial charge in [0, 0.05) is 11.6 Å². The summed E-state index contributed by atoms with van der Waals surface area (Å²) >= 11 is 5.97. The van der Waals surface area contributed by atoms with Crippen LogP contribution in [0.15, 0.2) is 42.5 Å². The summed E-state index contributed by atoms with van der Waals surface area (Å²) in [5.41, 5.74) is 1.23. The molecule has 1 N–H and O–H groups in total. The quantitative estimate of drug-likeness (QED) is 0.855. The number of likely N-dealkylation sites (N-methyl/N-ethyl adjacent to an activating group) is 1. The molecule has 0 aliphatic rings. The van der Waals surface area contributed by atoms with E-state index in [1.807, 2.05) is 6.92 Å². The van der Waals surface area contributed by atoms with E-state index in [0.29, 0.717) is 24.1 Å². The molecule has 0 saturated carbocycles. The van der Waals surface area contributed by atoms with E-state index in [0.717, 1.165) is 0 Å². The predicted octanol–water partition coefficient (Wildman–Crippen LogP) is 4.51. The Morgan fingerprint density at radius 3 is 2.45 bits per heavy atom. The number of nitrogens with one attached hydrogen (secondary N) is 1. The molecule has 106 valence electrons. The molecule has 0 aromatic heterocycles. The molecule has 0 amide bonds. The summed E-state index contributed by atoms with van der Waals surface area (Å²) in [4.78, 5) is 0. The number of rotatable bonds is 5. The van der Waals surface area contributed by atoms with Gasteiger partial charge in [-0.1, -0.05) is 48.9 Å². The fraction of sp³-hybridized carbons (Fsp3) is 0.250. The Hall–Kier alpha value is -1.45. The van der Waals surface area contributed by atoms with Crippen LogP contribution in [0.1, 0.15) is 24.1 Å². The molecular weight excluding hydrogens is 280 g/mol. The number of halogens is 3. The number of hydrogen-bond donors (Lipinski definition) is 1. The van der Waals surface area contributed by atoms with Crippen molar-refractivity contribution in [3.63, 3.8) is 0 Å². The molecule has 2 aromatic carbocycles. The second-order valence-electron chi connectivity index (χ2n) is 4.55. The molecule has 1 nitrogen and oxygen atoms in total. The minimum absolute atomic E-state index is 0.103. The summed E-state index contributed by atoms with van der Waals surface area (Å²) in [6, 6.07) is 11.0. The molecule has 0 saturated heterocycles. The first-order valence-corrected chi connectivity index (χ1v) is 6.92. The van der Waals surface area contributed by atoms with Gasteiger partial charge in [0.15, 0.2) is 0 Å². The summed E-state index contributed by atoms with van der Waals surface area (Å²) in [6.07, 6.45) is 0.436. The number of hydrogen-bond acceptors (Lipinski definition) is 1. The van der Waals surface area contributed by atoms with Crippen LogP contribution in [0.25, 0.3) is 0 Å². The summed E-state index contributed by atoms with van der Waals surface area (Å²) in [7, 11) is 0. The smallest absolute Gasteiger partial charge is 0.142 e. The zero-order chi connectivity index (χ0) is 14.5. The highest BCUT2D eigenvalue weighted by Gasteiger charge is 2.17. The molecule has 1 atom stereocenters. The van der Waals surface area contributed by atoms with E-state index >= 15 is 0 Å². The number of benzene rings is 2. The minimum Gasteiger partial charge on any atom is -0.310 e. The molecule has 2 rings (SSSR count). The zero-order valence-corrected chi connectivity index (χ0v) is 11.9. The van der Waals surface area contributed by atoms with E-state index in [9.17, 15) is 8.78 Å². The summed E-state index contributed by atoms with van der Waals surface area (Å²) in [6.45, 7) is 2.63. The topological polar surface area (TPSA) is 12.0 Å². The molecule has 2 aromatic rings. The maximum absolute atomic E-state index is 13.9. The Balaban J connectivity index is 2.31. The molecule has 0 aliphatic heterocycles. The maximum Gasteiger partial charge on any atom is 0.142 e. The van der Waals surface area contributed by atoms with Gasteiger partial charge < -0.3 is 5.32 Å². The van der Waals surface area contributed by atoms with Crippen LogP contribution < -0.4 is 5.32 Å². The minimum atomic E-state index is -0.451. The second-order valence-corrected chi connectivity index (χ2v) is 4.93. The van der Waals surface area contributed by atoms with E-state index in [1.54, 1.807) is 30.3 Å². The molecule has 20 heavy (non-hydrogen) atoms. The molecule has 0 spiro atoms. The van der Waals surface area contributed by atoms with Crippen molar-refractivity contribution in [2.24, 2.45) is 0 Å². The van der Waals surface area contributed by atoms with Crippen molar-refractivity contribution in [2.45, 2.75) is 19.4 Å². The zero-order valence-electron chi connectivity index (χ0n) is 11.2. The third-order valence-electron chi connectivity index (χ3n) is 3.19. The summed E-state index contributed by atoms with van der Waals surface area (Å²) < 4.78 is 27.4. The Bertz CT molecular complexity index is 586.